The largest absolute Gasteiger partial charge is 0.462 e. The first-order chi connectivity index (χ1) is 11.6. The molecule has 0 saturated carbocycles. The highest BCUT2D eigenvalue weighted by molar-refractivity contribution is 5.96. The lowest BCUT2D eigenvalue weighted by Crippen LogP contribution is -2.33. The van der Waals surface area contributed by atoms with Crippen LogP contribution in [0.4, 0.5) is 0 Å². The number of aliphatic hydroxyl groups excluding tert-OH is 1. The molecule has 1 heterocycles. The summed E-state index contributed by atoms with van der Waals surface area (Å²) in [4.78, 5) is 25.1. The zero-order valence-corrected chi connectivity index (χ0v) is 16.9. The first-order valence-electron chi connectivity index (χ1n) is 9.69. The summed E-state index contributed by atoms with van der Waals surface area (Å²) >= 11 is 0. The van der Waals surface area contributed by atoms with Gasteiger partial charge in [0.25, 0.3) is 0 Å². The Morgan fingerprint density at radius 1 is 1.04 bits per heavy atom. The molecule has 0 saturated heterocycles. The Morgan fingerprint density at radius 2 is 1.56 bits per heavy atom. The van der Waals surface area contributed by atoms with E-state index in [9.17, 15) is 14.7 Å². The van der Waals surface area contributed by atoms with Crippen LogP contribution in [-0.2, 0) is 14.3 Å². The number of ketones is 1. The molecule has 1 aliphatic rings. The van der Waals surface area contributed by atoms with Crippen molar-refractivity contribution in [3.8, 4) is 0 Å². The fourth-order valence-electron chi connectivity index (χ4n) is 3.96. The predicted molar refractivity (Wildman–Crippen MR) is 100.0 cm³/mol. The van der Waals surface area contributed by atoms with Crippen LogP contribution in [0.2, 0.25) is 0 Å². The Kier molecular flexibility index (Phi) is 8.33. The van der Waals surface area contributed by atoms with Crippen LogP contribution in [0.5, 0.6) is 0 Å². The van der Waals surface area contributed by atoms with Gasteiger partial charge >= 0.3 is 5.97 Å². The fraction of sp³-hybridized carbons (Fsp3) is 0.810. The molecule has 0 aromatic carbocycles. The van der Waals surface area contributed by atoms with Crippen LogP contribution >= 0.6 is 0 Å². The summed E-state index contributed by atoms with van der Waals surface area (Å²) in [7, 11) is 0. The number of rotatable bonds is 1. The molecular formula is C21H36O4. The van der Waals surface area contributed by atoms with Gasteiger partial charge in [-0.1, -0.05) is 47.6 Å². The van der Waals surface area contributed by atoms with Gasteiger partial charge in [0.1, 0.15) is 6.10 Å². The van der Waals surface area contributed by atoms with Crippen molar-refractivity contribution >= 4 is 11.8 Å². The second kappa shape index (κ2) is 9.51. The van der Waals surface area contributed by atoms with Gasteiger partial charge in [-0.3, -0.25) is 9.59 Å². The Labute approximate surface area is 153 Å². The van der Waals surface area contributed by atoms with Crippen molar-refractivity contribution in [2.45, 2.75) is 79.9 Å². The third-order valence-corrected chi connectivity index (χ3v) is 5.62. The number of allylic oxidation sites excluding steroid dienone is 1. The quantitative estimate of drug-likeness (QED) is 0.720. The first-order valence-corrected chi connectivity index (χ1v) is 9.69. The number of aliphatic hydroxyl groups is 1. The maximum Gasteiger partial charge on any atom is 0.308 e. The Balaban J connectivity index is 3.14. The third-order valence-electron chi connectivity index (χ3n) is 5.62. The molecular weight excluding hydrogens is 316 g/mol. The maximum atomic E-state index is 12.6. The van der Waals surface area contributed by atoms with Gasteiger partial charge in [0.05, 0.1) is 12.0 Å². The first kappa shape index (κ1) is 21.9. The number of hydrogen-bond acceptors (Lipinski definition) is 4. The highest BCUT2D eigenvalue weighted by Gasteiger charge is 2.30. The molecule has 0 spiro atoms. The Morgan fingerprint density at radius 3 is 2.08 bits per heavy atom. The standard InChI is InChI=1S/C21H36O4/c1-8-18-12(2)9-13(3)19(22)14(4)10-15(5)20(23)16(6)11-17(7)21(24)25-18/h9,12,14-18,20,23H,8,10-11H2,1-7H3/b13-9+/t12-,14-,15+,16+,17?,18-,20+/m1/s1. The average Bonchev–Trinajstić information content (AvgIpc) is 2.56. The zero-order chi connectivity index (χ0) is 19.3. The van der Waals surface area contributed by atoms with E-state index in [0.29, 0.717) is 24.8 Å². The van der Waals surface area contributed by atoms with Crippen LogP contribution < -0.4 is 0 Å². The van der Waals surface area contributed by atoms with Crippen molar-refractivity contribution in [2.24, 2.45) is 29.6 Å². The highest BCUT2D eigenvalue weighted by Crippen LogP contribution is 2.28. The van der Waals surface area contributed by atoms with Crippen molar-refractivity contribution in [3.63, 3.8) is 0 Å². The molecule has 0 radical (unpaired) electrons. The van der Waals surface area contributed by atoms with Crippen molar-refractivity contribution in [3.05, 3.63) is 11.6 Å². The molecule has 1 aliphatic heterocycles. The molecule has 25 heavy (non-hydrogen) atoms. The second-order valence-corrected chi connectivity index (χ2v) is 8.18. The Bertz CT molecular complexity index is 496. The van der Waals surface area contributed by atoms with Gasteiger partial charge in [-0.15, -0.1) is 0 Å². The highest BCUT2D eigenvalue weighted by atomic mass is 16.5. The smallest absolute Gasteiger partial charge is 0.308 e. The van der Waals surface area contributed by atoms with Gasteiger partial charge in [-0.05, 0) is 43.6 Å². The monoisotopic (exact) mass is 352 g/mol. The van der Waals surface area contributed by atoms with Gasteiger partial charge in [-0.25, -0.2) is 0 Å². The van der Waals surface area contributed by atoms with E-state index in [1.165, 1.54) is 0 Å². The van der Waals surface area contributed by atoms with Crippen molar-refractivity contribution in [1.82, 2.24) is 0 Å². The van der Waals surface area contributed by atoms with E-state index in [0.717, 1.165) is 0 Å². The summed E-state index contributed by atoms with van der Waals surface area (Å²) in [6.45, 7) is 13.6. The van der Waals surface area contributed by atoms with Crippen LogP contribution in [0.1, 0.15) is 67.7 Å². The summed E-state index contributed by atoms with van der Waals surface area (Å²) in [5.74, 6) is -0.474. The number of ether oxygens (including phenoxy) is 1. The lowest BCUT2D eigenvalue weighted by molar-refractivity contribution is -0.156. The minimum absolute atomic E-state index is 0.000628. The zero-order valence-electron chi connectivity index (χ0n) is 16.9. The topological polar surface area (TPSA) is 63.6 Å². The van der Waals surface area contributed by atoms with E-state index in [1.54, 1.807) is 0 Å². The third kappa shape index (κ3) is 5.95. The van der Waals surface area contributed by atoms with Gasteiger partial charge in [-0.2, -0.15) is 0 Å². The van der Waals surface area contributed by atoms with E-state index in [2.05, 4.69) is 0 Å². The lowest BCUT2D eigenvalue weighted by Gasteiger charge is -2.30. The Hall–Kier alpha value is -1.16. The van der Waals surface area contributed by atoms with E-state index < -0.39 is 6.10 Å². The van der Waals surface area contributed by atoms with Crippen LogP contribution in [0, 0.1) is 29.6 Å². The molecule has 0 aromatic heterocycles. The molecule has 0 aromatic rings. The molecule has 4 heteroatoms. The van der Waals surface area contributed by atoms with Gasteiger partial charge in [0, 0.05) is 11.8 Å². The maximum absolute atomic E-state index is 12.6. The molecule has 1 unspecified atom stereocenters. The van der Waals surface area contributed by atoms with Crippen LogP contribution in [0.15, 0.2) is 11.6 Å². The number of carbonyl (C=O) groups is 2. The minimum Gasteiger partial charge on any atom is -0.462 e. The van der Waals surface area contributed by atoms with E-state index in [1.807, 2.05) is 54.5 Å². The van der Waals surface area contributed by atoms with Crippen molar-refractivity contribution in [2.75, 3.05) is 0 Å². The van der Waals surface area contributed by atoms with Crippen LogP contribution in [0.25, 0.3) is 0 Å². The molecule has 4 nitrogen and oxygen atoms in total. The summed E-state index contributed by atoms with van der Waals surface area (Å²) in [5, 5.41) is 10.6. The SMILES string of the molecule is CC[C@H]1OC(=O)C(C)C[C@H](C)[C@@H](O)[C@@H](C)C[C@@H](C)C(=O)/C(C)=C/[C@H]1C. The van der Waals surface area contributed by atoms with Crippen LogP contribution in [-0.4, -0.2) is 29.1 Å². The molecule has 1 N–H and O–H groups in total. The normalized spacial score (nSPS) is 41.4. The van der Waals surface area contributed by atoms with E-state index >= 15 is 0 Å². The minimum atomic E-state index is -0.529. The molecule has 0 fully saturated rings. The average molecular weight is 353 g/mol. The molecule has 1 rings (SSSR count). The molecule has 0 bridgehead atoms. The number of Topliss-reactive ketones (excluding diaryl/α,β-unsaturated/α-hetero) is 1. The second-order valence-electron chi connectivity index (χ2n) is 8.18. The van der Waals surface area contributed by atoms with Crippen molar-refractivity contribution < 1.29 is 19.4 Å². The molecule has 0 aliphatic carbocycles. The molecule has 7 atom stereocenters. The fourth-order valence-corrected chi connectivity index (χ4v) is 3.96. The predicted octanol–water partition coefficient (Wildman–Crippen LogP) is 4.16. The molecule has 144 valence electrons. The van der Waals surface area contributed by atoms with Gasteiger partial charge in [0.2, 0.25) is 0 Å². The summed E-state index contributed by atoms with van der Waals surface area (Å²) in [6, 6.07) is 0. The lowest BCUT2D eigenvalue weighted by atomic mass is 9.81. The number of cyclic esters (lactones) is 1. The summed E-state index contributed by atoms with van der Waals surface area (Å²) in [6.07, 6.45) is 3.13. The number of carbonyl (C=O) groups excluding carboxylic acids is 2. The summed E-state index contributed by atoms with van der Waals surface area (Å²) in [5.41, 5.74) is 0.717. The summed E-state index contributed by atoms with van der Waals surface area (Å²) < 4.78 is 5.71. The van der Waals surface area contributed by atoms with Gasteiger partial charge < -0.3 is 9.84 Å². The van der Waals surface area contributed by atoms with Crippen molar-refractivity contribution in [1.29, 1.82) is 0 Å². The number of esters is 1. The van der Waals surface area contributed by atoms with Gasteiger partial charge in [0.15, 0.2) is 5.78 Å². The molecule has 0 amide bonds. The van der Waals surface area contributed by atoms with Crippen LogP contribution in [0.3, 0.4) is 0 Å². The van der Waals surface area contributed by atoms with E-state index in [4.69, 9.17) is 4.74 Å². The van der Waals surface area contributed by atoms with E-state index in [-0.39, 0.29) is 47.4 Å². The number of hydrogen-bond donors (Lipinski definition) is 1.